The largest absolute Gasteiger partial charge is 0.507 e. The summed E-state index contributed by atoms with van der Waals surface area (Å²) in [5.74, 6) is 1.37. The smallest absolute Gasteiger partial charge is 0.313 e. The molecule has 0 atom stereocenters. The molecule has 1 rings (SSSR count). The van der Waals surface area contributed by atoms with Crippen LogP contribution in [0.5, 0.6) is 5.75 Å². The van der Waals surface area contributed by atoms with Gasteiger partial charge in [0.2, 0.25) is 0 Å². The van der Waals surface area contributed by atoms with E-state index in [-0.39, 0.29) is 16.6 Å². The highest BCUT2D eigenvalue weighted by atomic mass is 32.2. The molecule has 0 aliphatic carbocycles. The van der Waals surface area contributed by atoms with Crippen molar-refractivity contribution in [1.29, 1.82) is 0 Å². The predicted molar refractivity (Wildman–Crippen MR) is 101 cm³/mol. The van der Waals surface area contributed by atoms with Crippen molar-refractivity contribution in [3.63, 3.8) is 0 Å². The normalized spacial score (nSPS) is 12.4. The topological polar surface area (TPSA) is 57.5 Å². The Labute approximate surface area is 148 Å². The zero-order valence-electron chi connectivity index (χ0n) is 14.9. The third-order valence-corrected chi connectivity index (χ3v) is 5.67. The number of phenolic OH excluding ortho intramolecular Hbond substituents is 1. The van der Waals surface area contributed by atoms with Gasteiger partial charge in [0.1, 0.15) is 5.75 Å². The minimum absolute atomic E-state index is 0.107. The standard InChI is InChI=1S/C18H28O3S2/c1-17(2,3)12-7-8-13(15(16(12)21)18(4,5)6)23-10-9-22-11-14(19)20/h7-8,21H,9-11H2,1-6H3,(H,19,20). The number of aromatic hydroxyl groups is 1. The van der Waals surface area contributed by atoms with Crippen molar-refractivity contribution < 1.29 is 15.0 Å². The second kappa shape index (κ2) is 7.84. The molecule has 0 saturated carbocycles. The van der Waals surface area contributed by atoms with Crippen molar-refractivity contribution in [3.8, 4) is 5.75 Å². The van der Waals surface area contributed by atoms with Gasteiger partial charge in [0.05, 0.1) is 5.75 Å². The van der Waals surface area contributed by atoms with Gasteiger partial charge in [-0.25, -0.2) is 0 Å². The van der Waals surface area contributed by atoms with E-state index >= 15 is 0 Å². The van der Waals surface area contributed by atoms with Crippen LogP contribution in [-0.2, 0) is 15.6 Å². The van der Waals surface area contributed by atoms with Crippen LogP contribution < -0.4 is 0 Å². The Morgan fingerprint density at radius 1 is 1.04 bits per heavy atom. The molecule has 23 heavy (non-hydrogen) atoms. The maximum absolute atomic E-state index is 10.8. The lowest BCUT2D eigenvalue weighted by Crippen LogP contribution is -2.18. The summed E-state index contributed by atoms with van der Waals surface area (Å²) in [6.07, 6.45) is 0. The Hall–Kier alpha value is -0.810. The number of thioether (sulfide) groups is 2. The number of phenols is 1. The molecule has 0 aliphatic heterocycles. The molecular formula is C18H28O3S2. The first kappa shape index (κ1) is 20.2. The number of aliphatic carboxylic acids is 1. The number of hydrogen-bond acceptors (Lipinski definition) is 4. The fourth-order valence-corrected chi connectivity index (χ4v) is 4.45. The number of benzene rings is 1. The van der Waals surface area contributed by atoms with E-state index in [1.165, 1.54) is 11.8 Å². The maximum atomic E-state index is 10.8. The van der Waals surface area contributed by atoms with Gasteiger partial charge in [-0.3, -0.25) is 4.79 Å². The van der Waals surface area contributed by atoms with Crippen LogP contribution in [0, 0.1) is 0 Å². The lowest BCUT2D eigenvalue weighted by Gasteiger charge is -2.29. The molecule has 0 amide bonds. The van der Waals surface area contributed by atoms with Crippen LogP contribution in [0.1, 0.15) is 52.7 Å². The van der Waals surface area contributed by atoms with E-state index < -0.39 is 5.97 Å². The van der Waals surface area contributed by atoms with Gasteiger partial charge in [-0.15, -0.1) is 23.5 Å². The molecule has 0 aliphatic rings. The highest BCUT2D eigenvalue weighted by Crippen LogP contribution is 2.44. The van der Waals surface area contributed by atoms with Gasteiger partial charge < -0.3 is 10.2 Å². The molecule has 5 heteroatoms. The van der Waals surface area contributed by atoms with E-state index in [9.17, 15) is 9.90 Å². The molecule has 3 nitrogen and oxygen atoms in total. The first-order valence-electron chi connectivity index (χ1n) is 7.74. The molecule has 130 valence electrons. The molecule has 0 saturated heterocycles. The number of hydrogen-bond donors (Lipinski definition) is 2. The van der Waals surface area contributed by atoms with Crippen molar-refractivity contribution >= 4 is 29.5 Å². The SMILES string of the molecule is CC(C)(C)c1ccc(SCCSCC(=O)O)c(C(C)(C)C)c1O. The van der Waals surface area contributed by atoms with Gasteiger partial charge in [0.25, 0.3) is 0 Å². The summed E-state index contributed by atoms with van der Waals surface area (Å²) in [6.45, 7) is 12.6. The summed E-state index contributed by atoms with van der Waals surface area (Å²) >= 11 is 3.11. The van der Waals surface area contributed by atoms with E-state index in [0.717, 1.165) is 27.5 Å². The summed E-state index contributed by atoms with van der Waals surface area (Å²) in [4.78, 5) is 11.6. The Morgan fingerprint density at radius 3 is 2.13 bits per heavy atom. The quantitative estimate of drug-likeness (QED) is 0.561. The average molecular weight is 357 g/mol. The van der Waals surface area contributed by atoms with Crippen LogP contribution in [0.3, 0.4) is 0 Å². The Bertz CT molecular complexity index is 555. The monoisotopic (exact) mass is 356 g/mol. The molecular weight excluding hydrogens is 328 g/mol. The van der Waals surface area contributed by atoms with Crippen LogP contribution >= 0.6 is 23.5 Å². The Balaban J connectivity index is 3.00. The molecule has 1 aromatic rings. The molecule has 0 radical (unpaired) electrons. The highest BCUT2D eigenvalue weighted by molar-refractivity contribution is 8.03. The first-order chi connectivity index (χ1) is 10.4. The molecule has 0 heterocycles. The van der Waals surface area contributed by atoms with Crippen LogP contribution in [0.4, 0.5) is 0 Å². The molecule has 0 bridgehead atoms. The summed E-state index contributed by atoms with van der Waals surface area (Å²) in [5, 5.41) is 19.5. The predicted octanol–water partition coefficient (Wildman–Crippen LogP) is 4.90. The van der Waals surface area contributed by atoms with Crippen LogP contribution in [0.25, 0.3) is 0 Å². The van der Waals surface area contributed by atoms with Gasteiger partial charge in [-0.2, -0.15) is 0 Å². The second-order valence-electron chi connectivity index (χ2n) is 7.63. The van der Waals surface area contributed by atoms with E-state index in [4.69, 9.17) is 5.11 Å². The molecule has 1 aromatic carbocycles. The number of rotatable bonds is 6. The van der Waals surface area contributed by atoms with E-state index in [2.05, 4.69) is 47.6 Å². The van der Waals surface area contributed by atoms with E-state index in [0.29, 0.717) is 5.75 Å². The Kier molecular flexibility index (Phi) is 6.90. The van der Waals surface area contributed by atoms with Crippen molar-refractivity contribution in [2.45, 2.75) is 57.3 Å². The third-order valence-electron chi connectivity index (χ3n) is 3.41. The van der Waals surface area contributed by atoms with Gasteiger partial charge >= 0.3 is 5.97 Å². The van der Waals surface area contributed by atoms with Crippen LogP contribution in [0.15, 0.2) is 17.0 Å². The van der Waals surface area contributed by atoms with Gasteiger partial charge in [-0.1, -0.05) is 47.6 Å². The number of carboxylic acid groups (broad SMARTS) is 1. The van der Waals surface area contributed by atoms with Crippen molar-refractivity contribution in [1.82, 2.24) is 0 Å². The lowest BCUT2D eigenvalue weighted by atomic mass is 9.79. The molecule has 0 unspecified atom stereocenters. The van der Waals surface area contributed by atoms with Crippen molar-refractivity contribution in [3.05, 3.63) is 23.3 Å². The summed E-state index contributed by atoms with van der Waals surface area (Å²) in [7, 11) is 0. The Morgan fingerprint density at radius 2 is 1.65 bits per heavy atom. The van der Waals surface area contributed by atoms with E-state index in [1.54, 1.807) is 11.8 Å². The molecule has 2 N–H and O–H groups in total. The number of carbonyl (C=O) groups is 1. The number of carboxylic acids is 1. The third kappa shape index (κ3) is 5.96. The molecule has 0 aromatic heterocycles. The average Bonchev–Trinajstić information content (AvgIpc) is 2.34. The molecule has 0 fully saturated rings. The summed E-state index contributed by atoms with van der Waals surface area (Å²) < 4.78 is 0. The zero-order chi connectivity index (χ0) is 17.8. The maximum Gasteiger partial charge on any atom is 0.313 e. The van der Waals surface area contributed by atoms with Gasteiger partial charge in [-0.05, 0) is 22.5 Å². The highest BCUT2D eigenvalue weighted by Gasteiger charge is 2.28. The zero-order valence-corrected chi connectivity index (χ0v) is 16.5. The lowest BCUT2D eigenvalue weighted by molar-refractivity contribution is -0.133. The second-order valence-corrected chi connectivity index (χ2v) is 9.87. The van der Waals surface area contributed by atoms with Gasteiger partial charge in [0.15, 0.2) is 0 Å². The molecule has 0 spiro atoms. The summed E-state index contributed by atoms with van der Waals surface area (Å²) in [5.41, 5.74) is 1.69. The first-order valence-corrected chi connectivity index (χ1v) is 9.88. The van der Waals surface area contributed by atoms with E-state index in [1.807, 2.05) is 6.07 Å². The minimum atomic E-state index is -0.775. The minimum Gasteiger partial charge on any atom is -0.507 e. The fraction of sp³-hybridized carbons (Fsp3) is 0.611. The van der Waals surface area contributed by atoms with Crippen molar-refractivity contribution in [2.75, 3.05) is 17.3 Å². The van der Waals surface area contributed by atoms with Crippen molar-refractivity contribution in [2.24, 2.45) is 0 Å². The van der Waals surface area contributed by atoms with Crippen LogP contribution in [-0.4, -0.2) is 33.4 Å². The fourth-order valence-electron chi connectivity index (χ4n) is 2.39. The van der Waals surface area contributed by atoms with Crippen LogP contribution in [0.2, 0.25) is 0 Å². The summed E-state index contributed by atoms with van der Waals surface area (Å²) in [6, 6.07) is 4.10. The van der Waals surface area contributed by atoms with Gasteiger partial charge in [0, 0.05) is 22.0 Å².